The Balaban J connectivity index is 2.33. The van der Waals surface area contributed by atoms with Gasteiger partial charge in [-0.15, -0.1) is 0 Å². The number of nitrogens with zero attached hydrogens (tertiary/aromatic N) is 1. The van der Waals surface area contributed by atoms with Gasteiger partial charge in [-0.25, -0.2) is 8.78 Å². The topological polar surface area (TPSA) is 68.0 Å². The first-order valence-electron chi connectivity index (χ1n) is 5.56. The summed E-state index contributed by atoms with van der Waals surface area (Å²) in [6.07, 6.45) is 1.30. The van der Waals surface area contributed by atoms with Crippen molar-refractivity contribution in [3.05, 3.63) is 51.8 Å². The molecular formula is C13H10BrF2N3O. The average molecular weight is 342 g/mol. The molecule has 1 aromatic carbocycles. The van der Waals surface area contributed by atoms with Crippen LogP contribution in [0.3, 0.4) is 0 Å². The van der Waals surface area contributed by atoms with Crippen LogP contribution in [-0.4, -0.2) is 10.9 Å². The smallest absolute Gasteiger partial charge is 0.259 e. The number of nitrogens with two attached hydrogens (primary N) is 1. The van der Waals surface area contributed by atoms with Crippen molar-refractivity contribution in [3.8, 4) is 0 Å². The third kappa shape index (κ3) is 2.93. The summed E-state index contributed by atoms with van der Waals surface area (Å²) in [4.78, 5) is 16.0. The number of anilines is 2. The van der Waals surface area contributed by atoms with Crippen molar-refractivity contribution in [2.45, 2.75) is 6.92 Å². The van der Waals surface area contributed by atoms with E-state index in [1.54, 1.807) is 6.92 Å². The Bertz CT molecular complexity index is 668. The Morgan fingerprint density at radius 3 is 2.65 bits per heavy atom. The lowest BCUT2D eigenvalue weighted by molar-refractivity contribution is 0.102. The lowest BCUT2D eigenvalue weighted by Crippen LogP contribution is -2.16. The zero-order valence-corrected chi connectivity index (χ0v) is 12.0. The molecule has 0 aliphatic rings. The fraction of sp³-hybridized carbons (Fsp3) is 0.0769. The maximum atomic E-state index is 13.6. The van der Waals surface area contributed by atoms with E-state index in [2.05, 4.69) is 26.2 Å². The molecule has 0 bridgehead atoms. The fourth-order valence-corrected chi connectivity index (χ4v) is 2.12. The number of nitrogens with one attached hydrogen (secondary N) is 1. The Hall–Kier alpha value is -2.02. The Morgan fingerprint density at radius 1 is 1.35 bits per heavy atom. The standard InChI is InChI=1S/C13H10BrF2N3O/c1-6-2-11(17)8(5-18-6)13(20)19-12-9(14)3-7(15)4-10(12)16/h2-5H,1H3,(H2,17,18)(H,19,20). The average Bonchev–Trinajstić information content (AvgIpc) is 2.33. The Kier molecular flexibility index (Phi) is 3.99. The van der Waals surface area contributed by atoms with E-state index < -0.39 is 17.5 Å². The maximum Gasteiger partial charge on any atom is 0.259 e. The van der Waals surface area contributed by atoms with Crippen molar-refractivity contribution in [1.82, 2.24) is 4.98 Å². The van der Waals surface area contributed by atoms with Crippen molar-refractivity contribution in [1.29, 1.82) is 0 Å². The molecule has 1 aromatic heterocycles. The van der Waals surface area contributed by atoms with Crippen LogP contribution in [0.2, 0.25) is 0 Å². The molecular weight excluding hydrogens is 332 g/mol. The summed E-state index contributed by atoms with van der Waals surface area (Å²) in [6, 6.07) is 3.26. The van der Waals surface area contributed by atoms with Crippen LogP contribution in [0.5, 0.6) is 0 Å². The van der Waals surface area contributed by atoms with E-state index in [1.165, 1.54) is 12.3 Å². The lowest BCUT2D eigenvalue weighted by atomic mass is 10.2. The molecule has 104 valence electrons. The van der Waals surface area contributed by atoms with E-state index in [9.17, 15) is 13.6 Å². The highest BCUT2D eigenvalue weighted by Crippen LogP contribution is 2.27. The fourth-order valence-electron chi connectivity index (χ4n) is 1.61. The molecule has 3 N–H and O–H groups in total. The number of nitrogen functional groups attached to an aromatic ring is 1. The summed E-state index contributed by atoms with van der Waals surface area (Å²) in [5.41, 5.74) is 6.56. The number of carbonyl (C=O) groups is 1. The van der Waals surface area contributed by atoms with Crippen molar-refractivity contribution in [2.24, 2.45) is 0 Å². The number of hydrogen-bond acceptors (Lipinski definition) is 3. The summed E-state index contributed by atoms with van der Waals surface area (Å²) in [5.74, 6) is -2.26. The van der Waals surface area contributed by atoms with Gasteiger partial charge in [0, 0.05) is 28.1 Å². The zero-order chi connectivity index (χ0) is 14.9. The molecule has 0 saturated heterocycles. The highest BCUT2D eigenvalue weighted by Gasteiger charge is 2.16. The normalized spacial score (nSPS) is 10.4. The largest absolute Gasteiger partial charge is 0.398 e. The minimum atomic E-state index is -0.885. The SMILES string of the molecule is Cc1cc(N)c(C(=O)Nc2c(F)cc(F)cc2Br)cn1. The first-order valence-corrected chi connectivity index (χ1v) is 6.36. The highest BCUT2D eigenvalue weighted by molar-refractivity contribution is 9.10. The van der Waals surface area contributed by atoms with Crippen molar-refractivity contribution in [2.75, 3.05) is 11.1 Å². The molecule has 0 aliphatic heterocycles. The predicted octanol–water partition coefficient (Wildman–Crippen LogP) is 3.27. The van der Waals surface area contributed by atoms with Gasteiger partial charge in [0.2, 0.25) is 0 Å². The molecule has 0 radical (unpaired) electrons. The van der Waals surface area contributed by atoms with Crippen LogP contribution in [0.25, 0.3) is 0 Å². The number of hydrogen-bond donors (Lipinski definition) is 2. The first-order chi connectivity index (χ1) is 9.38. The molecule has 0 aliphatic carbocycles. The van der Waals surface area contributed by atoms with Gasteiger partial charge in [0.25, 0.3) is 5.91 Å². The van der Waals surface area contributed by atoms with Gasteiger partial charge in [0.1, 0.15) is 5.82 Å². The number of aryl methyl sites for hydroxylation is 1. The second-order valence-corrected chi connectivity index (χ2v) is 4.97. The number of amides is 1. The van der Waals surface area contributed by atoms with E-state index in [0.717, 1.165) is 6.07 Å². The van der Waals surface area contributed by atoms with Crippen LogP contribution < -0.4 is 11.1 Å². The molecule has 7 heteroatoms. The van der Waals surface area contributed by atoms with Crippen LogP contribution in [-0.2, 0) is 0 Å². The van der Waals surface area contributed by atoms with E-state index >= 15 is 0 Å². The second-order valence-electron chi connectivity index (χ2n) is 4.11. The minimum Gasteiger partial charge on any atom is -0.398 e. The molecule has 4 nitrogen and oxygen atoms in total. The molecule has 0 spiro atoms. The monoisotopic (exact) mass is 341 g/mol. The predicted molar refractivity (Wildman–Crippen MR) is 75.4 cm³/mol. The third-order valence-electron chi connectivity index (χ3n) is 2.56. The number of carbonyl (C=O) groups excluding carboxylic acids is 1. The highest BCUT2D eigenvalue weighted by atomic mass is 79.9. The number of pyridine rings is 1. The van der Waals surface area contributed by atoms with Gasteiger partial charge < -0.3 is 11.1 Å². The summed E-state index contributed by atoms with van der Waals surface area (Å²) >= 11 is 2.99. The molecule has 0 fully saturated rings. The first kappa shape index (κ1) is 14.4. The van der Waals surface area contributed by atoms with Crippen molar-refractivity contribution < 1.29 is 13.6 Å². The molecule has 0 saturated carbocycles. The molecule has 2 rings (SSSR count). The van der Waals surface area contributed by atoms with E-state index in [4.69, 9.17) is 5.73 Å². The molecule has 1 amide bonds. The van der Waals surface area contributed by atoms with Gasteiger partial charge in [-0.2, -0.15) is 0 Å². The summed E-state index contributed by atoms with van der Waals surface area (Å²) in [6.45, 7) is 1.73. The van der Waals surface area contributed by atoms with Gasteiger partial charge in [-0.3, -0.25) is 9.78 Å². The molecule has 0 unspecified atom stereocenters. The minimum absolute atomic E-state index is 0.0991. The maximum absolute atomic E-state index is 13.6. The van der Waals surface area contributed by atoms with Gasteiger partial charge in [-0.1, -0.05) is 0 Å². The van der Waals surface area contributed by atoms with E-state index in [1.807, 2.05) is 0 Å². The van der Waals surface area contributed by atoms with Gasteiger partial charge in [0.05, 0.1) is 11.3 Å². The van der Waals surface area contributed by atoms with Gasteiger partial charge in [0.15, 0.2) is 5.82 Å². The second kappa shape index (κ2) is 5.54. The summed E-state index contributed by atoms with van der Waals surface area (Å²) in [5, 5.41) is 2.33. The van der Waals surface area contributed by atoms with Crippen molar-refractivity contribution >= 4 is 33.2 Å². The van der Waals surface area contributed by atoms with Gasteiger partial charge >= 0.3 is 0 Å². The zero-order valence-electron chi connectivity index (χ0n) is 10.4. The number of rotatable bonds is 2. The van der Waals surface area contributed by atoms with Gasteiger partial charge in [-0.05, 0) is 35.0 Å². The number of aromatic nitrogens is 1. The summed E-state index contributed by atoms with van der Waals surface area (Å²) in [7, 11) is 0. The third-order valence-corrected chi connectivity index (χ3v) is 3.19. The molecule has 2 aromatic rings. The number of benzene rings is 1. The Labute approximate surface area is 122 Å². The van der Waals surface area contributed by atoms with Crippen LogP contribution in [0.1, 0.15) is 16.1 Å². The quantitative estimate of drug-likeness (QED) is 0.880. The van der Waals surface area contributed by atoms with Crippen LogP contribution in [0.4, 0.5) is 20.2 Å². The Morgan fingerprint density at radius 2 is 2.05 bits per heavy atom. The lowest BCUT2D eigenvalue weighted by Gasteiger charge is -2.10. The molecule has 1 heterocycles. The molecule has 20 heavy (non-hydrogen) atoms. The molecule has 0 atom stereocenters. The van der Waals surface area contributed by atoms with E-state index in [0.29, 0.717) is 11.8 Å². The number of halogens is 3. The van der Waals surface area contributed by atoms with Crippen LogP contribution in [0.15, 0.2) is 28.9 Å². The van der Waals surface area contributed by atoms with Crippen LogP contribution >= 0.6 is 15.9 Å². The van der Waals surface area contributed by atoms with Crippen LogP contribution in [0, 0.1) is 18.6 Å². The van der Waals surface area contributed by atoms with E-state index in [-0.39, 0.29) is 21.4 Å². The summed E-state index contributed by atoms with van der Waals surface area (Å²) < 4.78 is 26.7. The van der Waals surface area contributed by atoms with Crippen molar-refractivity contribution in [3.63, 3.8) is 0 Å².